The second-order valence-corrected chi connectivity index (χ2v) is 5.35. The summed E-state index contributed by atoms with van der Waals surface area (Å²) < 4.78 is 2.33. The van der Waals surface area contributed by atoms with Crippen molar-refractivity contribution in [2.45, 2.75) is 6.54 Å². The number of anilines is 1. The lowest BCUT2D eigenvalue weighted by Crippen LogP contribution is -1.99. The molecule has 1 heterocycles. The summed E-state index contributed by atoms with van der Waals surface area (Å²) in [6.07, 6.45) is 3.62. The van der Waals surface area contributed by atoms with Gasteiger partial charge in [0.05, 0.1) is 0 Å². The van der Waals surface area contributed by atoms with Crippen LogP contribution in [0.25, 0.3) is 0 Å². The van der Waals surface area contributed by atoms with Gasteiger partial charge in [0.1, 0.15) is 0 Å². The van der Waals surface area contributed by atoms with E-state index in [1.165, 1.54) is 9.13 Å². The zero-order valence-electron chi connectivity index (χ0n) is 8.45. The molecule has 1 aromatic carbocycles. The zero-order chi connectivity index (χ0) is 11.4. The van der Waals surface area contributed by atoms with Crippen molar-refractivity contribution in [3.05, 3.63) is 56.3 Å². The zero-order valence-corrected chi connectivity index (χ0v) is 12.2. The summed E-state index contributed by atoms with van der Waals surface area (Å²) in [6, 6.07) is 10.3. The van der Waals surface area contributed by atoms with Gasteiger partial charge in [-0.25, -0.2) is 0 Å². The van der Waals surface area contributed by atoms with Gasteiger partial charge in [-0.1, -0.05) is 0 Å². The highest BCUT2D eigenvalue weighted by Gasteiger charge is 1.98. The molecule has 16 heavy (non-hydrogen) atoms. The van der Waals surface area contributed by atoms with Gasteiger partial charge in [-0.05, 0) is 74.4 Å². The second-order valence-electron chi connectivity index (χ2n) is 3.34. The van der Waals surface area contributed by atoms with E-state index < -0.39 is 0 Å². The molecule has 0 aliphatic heterocycles. The minimum Gasteiger partial charge on any atom is -0.381 e. The minimum absolute atomic E-state index is 0.820. The molecular formula is C12H10BrIN2. The molecule has 0 amide bonds. The number of rotatable bonds is 3. The quantitative estimate of drug-likeness (QED) is 0.802. The van der Waals surface area contributed by atoms with Crippen LogP contribution in [0.1, 0.15) is 5.56 Å². The molecule has 2 rings (SSSR count). The van der Waals surface area contributed by atoms with Crippen LogP contribution in [0.2, 0.25) is 0 Å². The van der Waals surface area contributed by atoms with Crippen LogP contribution >= 0.6 is 38.5 Å². The Balaban J connectivity index is 2.03. The van der Waals surface area contributed by atoms with Crippen LogP contribution in [-0.4, -0.2) is 4.98 Å². The Bertz CT molecular complexity index is 474. The first-order valence-electron chi connectivity index (χ1n) is 4.83. The first-order chi connectivity index (χ1) is 7.75. The van der Waals surface area contributed by atoms with E-state index in [-0.39, 0.29) is 0 Å². The smallest absolute Gasteiger partial charge is 0.0401 e. The molecule has 0 unspecified atom stereocenters. The highest BCUT2D eigenvalue weighted by atomic mass is 127. The summed E-state index contributed by atoms with van der Waals surface area (Å²) in [4.78, 5) is 3.99. The Morgan fingerprint density at radius 2 is 1.94 bits per heavy atom. The summed E-state index contributed by atoms with van der Waals surface area (Å²) in [7, 11) is 0. The fourth-order valence-corrected chi connectivity index (χ4v) is 2.07. The molecule has 0 atom stereocenters. The molecule has 2 aromatic rings. The summed E-state index contributed by atoms with van der Waals surface area (Å²) in [6.45, 7) is 0.820. The van der Waals surface area contributed by atoms with Gasteiger partial charge < -0.3 is 5.32 Å². The third-order valence-corrected chi connectivity index (χ3v) is 4.49. The number of benzene rings is 1. The van der Waals surface area contributed by atoms with Gasteiger partial charge in [-0.2, -0.15) is 0 Å². The lowest BCUT2D eigenvalue weighted by molar-refractivity contribution is 1.13. The molecule has 4 heteroatoms. The van der Waals surface area contributed by atoms with Crippen LogP contribution in [0.3, 0.4) is 0 Å². The van der Waals surface area contributed by atoms with Crippen LogP contribution in [0, 0.1) is 3.57 Å². The normalized spacial score (nSPS) is 10.1. The van der Waals surface area contributed by atoms with Gasteiger partial charge in [-0.15, -0.1) is 0 Å². The molecule has 0 bridgehead atoms. The Morgan fingerprint density at radius 3 is 2.62 bits per heavy atom. The summed E-state index contributed by atoms with van der Waals surface area (Å²) in [5, 5.41) is 3.38. The molecule has 0 aliphatic rings. The fourth-order valence-electron chi connectivity index (χ4n) is 1.31. The Hall–Kier alpha value is -0.620. The molecule has 0 saturated carbocycles. The van der Waals surface area contributed by atoms with Crippen molar-refractivity contribution in [2.75, 3.05) is 5.32 Å². The van der Waals surface area contributed by atoms with Gasteiger partial charge in [0.2, 0.25) is 0 Å². The second kappa shape index (κ2) is 5.63. The van der Waals surface area contributed by atoms with E-state index in [2.05, 4.69) is 67.0 Å². The molecule has 2 nitrogen and oxygen atoms in total. The van der Waals surface area contributed by atoms with Crippen molar-refractivity contribution in [1.29, 1.82) is 0 Å². The highest BCUT2D eigenvalue weighted by Crippen LogP contribution is 2.22. The molecule has 0 saturated heterocycles. The molecule has 0 radical (unpaired) electrons. The van der Waals surface area contributed by atoms with Gasteiger partial charge in [-0.3, -0.25) is 4.98 Å². The van der Waals surface area contributed by atoms with Gasteiger partial charge >= 0.3 is 0 Å². The fraction of sp³-hybridized carbons (Fsp3) is 0.0833. The summed E-state index contributed by atoms with van der Waals surface area (Å²) in [5.41, 5.74) is 2.36. The predicted molar refractivity (Wildman–Crippen MR) is 78.4 cm³/mol. The van der Waals surface area contributed by atoms with E-state index in [0.29, 0.717) is 0 Å². The van der Waals surface area contributed by atoms with Crippen molar-refractivity contribution >= 4 is 44.2 Å². The van der Waals surface area contributed by atoms with Crippen LogP contribution in [0.15, 0.2) is 47.2 Å². The average molecular weight is 389 g/mol. The number of aromatic nitrogens is 1. The van der Waals surface area contributed by atoms with E-state index in [1.54, 1.807) is 0 Å². The maximum Gasteiger partial charge on any atom is 0.0401 e. The number of halogens is 2. The topological polar surface area (TPSA) is 24.9 Å². The van der Waals surface area contributed by atoms with Crippen molar-refractivity contribution in [2.24, 2.45) is 0 Å². The first-order valence-corrected chi connectivity index (χ1v) is 6.71. The van der Waals surface area contributed by atoms with Crippen molar-refractivity contribution in [3.8, 4) is 0 Å². The largest absolute Gasteiger partial charge is 0.381 e. The number of nitrogens with one attached hydrogen (secondary N) is 1. The molecule has 1 N–H and O–H groups in total. The standard InChI is InChI=1S/C12H10BrIN2/c13-11-2-1-10(7-12(11)14)16-8-9-3-5-15-6-4-9/h1-7,16H,8H2. The lowest BCUT2D eigenvalue weighted by Gasteiger charge is -2.07. The molecule has 0 fully saturated rings. The Kier molecular flexibility index (Phi) is 4.17. The molecule has 0 spiro atoms. The SMILES string of the molecule is Brc1ccc(NCc2ccncc2)cc1I. The van der Waals surface area contributed by atoms with E-state index >= 15 is 0 Å². The Labute approximate surface area is 117 Å². The number of pyridine rings is 1. The summed E-state index contributed by atoms with van der Waals surface area (Å²) in [5.74, 6) is 0. The third kappa shape index (κ3) is 3.18. The Morgan fingerprint density at radius 1 is 1.19 bits per heavy atom. The van der Waals surface area contributed by atoms with E-state index in [1.807, 2.05) is 24.5 Å². The van der Waals surface area contributed by atoms with Crippen molar-refractivity contribution in [3.63, 3.8) is 0 Å². The number of nitrogens with zero attached hydrogens (tertiary/aromatic N) is 1. The third-order valence-electron chi connectivity index (χ3n) is 2.17. The number of hydrogen-bond acceptors (Lipinski definition) is 2. The van der Waals surface area contributed by atoms with E-state index in [0.717, 1.165) is 16.7 Å². The van der Waals surface area contributed by atoms with Crippen LogP contribution in [0.4, 0.5) is 5.69 Å². The molecule has 0 aliphatic carbocycles. The average Bonchev–Trinajstić information content (AvgIpc) is 2.32. The molecule has 82 valence electrons. The maximum absolute atomic E-state index is 3.99. The van der Waals surface area contributed by atoms with E-state index in [9.17, 15) is 0 Å². The molecular weight excluding hydrogens is 379 g/mol. The minimum atomic E-state index is 0.820. The van der Waals surface area contributed by atoms with Crippen molar-refractivity contribution < 1.29 is 0 Å². The van der Waals surface area contributed by atoms with Crippen LogP contribution < -0.4 is 5.32 Å². The molecule has 1 aromatic heterocycles. The van der Waals surface area contributed by atoms with E-state index in [4.69, 9.17) is 0 Å². The first kappa shape index (κ1) is 11.9. The summed E-state index contributed by atoms with van der Waals surface area (Å²) >= 11 is 5.79. The van der Waals surface area contributed by atoms with Crippen molar-refractivity contribution in [1.82, 2.24) is 4.98 Å². The highest BCUT2D eigenvalue weighted by molar-refractivity contribution is 14.1. The lowest BCUT2D eigenvalue weighted by atomic mass is 10.2. The predicted octanol–water partition coefficient (Wildman–Crippen LogP) is 4.06. The van der Waals surface area contributed by atoms with Crippen LogP contribution in [0.5, 0.6) is 0 Å². The van der Waals surface area contributed by atoms with Gasteiger partial charge in [0.15, 0.2) is 0 Å². The maximum atomic E-state index is 3.99. The number of hydrogen-bond donors (Lipinski definition) is 1. The van der Waals surface area contributed by atoms with Gasteiger partial charge in [0.25, 0.3) is 0 Å². The van der Waals surface area contributed by atoms with Crippen LogP contribution in [-0.2, 0) is 6.54 Å². The van der Waals surface area contributed by atoms with Gasteiger partial charge in [0, 0.05) is 32.7 Å². The monoisotopic (exact) mass is 388 g/mol.